The van der Waals surface area contributed by atoms with Crippen LogP contribution >= 0.6 is 11.6 Å². The monoisotopic (exact) mass is 397 g/mol. The number of carboxylic acid groups (broad SMARTS) is 1. The van der Waals surface area contributed by atoms with Gasteiger partial charge in [0.2, 0.25) is 5.91 Å². The van der Waals surface area contributed by atoms with E-state index in [4.69, 9.17) is 16.3 Å². The topological polar surface area (TPSA) is 75.6 Å². The van der Waals surface area contributed by atoms with Crippen LogP contribution in [0.4, 0.5) is 5.69 Å². The summed E-state index contributed by atoms with van der Waals surface area (Å²) in [7, 11) is 0. The highest BCUT2D eigenvalue weighted by Gasteiger charge is 2.48. The number of nitrogens with one attached hydrogen (secondary N) is 1. The first-order chi connectivity index (χ1) is 13.5. The summed E-state index contributed by atoms with van der Waals surface area (Å²) in [4.78, 5) is 24.5. The van der Waals surface area contributed by atoms with E-state index in [0.29, 0.717) is 22.2 Å². The van der Waals surface area contributed by atoms with Crippen LogP contribution in [-0.2, 0) is 9.59 Å². The van der Waals surface area contributed by atoms with E-state index in [2.05, 4.69) is 5.32 Å². The number of fused-ring (bicyclic) bond motifs is 2. The fraction of sp³-hybridized carbons (Fsp3) is 0.273. The number of carboxylic acids is 1. The summed E-state index contributed by atoms with van der Waals surface area (Å²) in [5.74, 6) is -1.11. The van der Waals surface area contributed by atoms with Gasteiger partial charge in [0.15, 0.2) is 0 Å². The molecule has 0 radical (unpaired) electrons. The molecule has 0 heterocycles. The number of allylic oxidation sites excluding steroid dienone is 2. The minimum absolute atomic E-state index is 0.0152. The number of amides is 1. The van der Waals surface area contributed by atoms with Crippen LogP contribution in [0.5, 0.6) is 11.5 Å². The number of aliphatic carboxylic acids is 1. The maximum Gasteiger partial charge on any atom is 0.307 e. The molecular weight excluding hydrogens is 378 g/mol. The summed E-state index contributed by atoms with van der Waals surface area (Å²) in [6.07, 6.45) is 5.65. The van der Waals surface area contributed by atoms with Crippen molar-refractivity contribution in [2.75, 3.05) is 5.32 Å². The second-order valence-electron chi connectivity index (χ2n) is 7.25. The van der Waals surface area contributed by atoms with Crippen molar-refractivity contribution in [1.29, 1.82) is 0 Å². The predicted molar refractivity (Wildman–Crippen MR) is 107 cm³/mol. The Morgan fingerprint density at radius 1 is 0.893 bits per heavy atom. The lowest BCUT2D eigenvalue weighted by Gasteiger charge is -2.41. The van der Waals surface area contributed by atoms with Crippen molar-refractivity contribution in [2.45, 2.75) is 12.8 Å². The van der Waals surface area contributed by atoms with Crippen LogP contribution in [0.3, 0.4) is 0 Å². The molecular formula is C22H20ClNO4. The van der Waals surface area contributed by atoms with E-state index in [0.717, 1.165) is 12.8 Å². The van der Waals surface area contributed by atoms with Crippen LogP contribution in [0, 0.1) is 23.7 Å². The molecule has 2 aromatic carbocycles. The maximum atomic E-state index is 12.8. The first-order valence-electron chi connectivity index (χ1n) is 9.27. The smallest absolute Gasteiger partial charge is 0.307 e. The highest BCUT2D eigenvalue weighted by atomic mass is 35.5. The molecule has 0 unspecified atom stereocenters. The predicted octanol–water partition coefficient (Wildman–Crippen LogP) is 4.98. The lowest BCUT2D eigenvalue weighted by atomic mass is 9.62. The maximum absolute atomic E-state index is 12.8. The van der Waals surface area contributed by atoms with E-state index in [1.807, 2.05) is 12.2 Å². The Hall–Kier alpha value is -2.79. The molecule has 0 spiro atoms. The van der Waals surface area contributed by atoms with Gasteiger partial charge >= 0.3 is 5.97 Å². The van der Waals surface area contributed by atoms with E-state index in [1.165, 1.54) is 0 Å². The van der Waals surface area contributed by atoms with Gasteiger partial charge in [-0.05, 0) is 73.2 Å². The molecule has 4 atom stereocenters. The number of carbonyl (C=O) groups excluding carboxylic acids is 1. The molecule has 2 N–H and O–H groups in total. The Bertz CT molecular complexity index is 907. The molecule has 2 aromatic rings. The Morgan fingerprint density at radius 3 is 1.96 bits per heavy atom. The number of hydrogen-bond donors (Lipinski definition) is 2. The van der Waals surface area contributed by atoms with E-state index in [1.54, 1.807) is 48.5 Å². The number of anilines is 1. The van der Waals surface area contributed by atoms with Gasteiger partial charge in [-0.15, -0.1) is 0 Å². The van der Waals surface area contributed by atoms with E-state index < -0.39 is 17.8 Å². The molecule has 3 aliphatic carbocycles. The Morgan fingerprint density at radius 2 is 1.43 bits per heavy atom. The molecule has 6 heteroatoms. The molecule has 0 aliphatic heterocycles. The molecule has 2 bridgehead atoms. The van der Waals surface area contributed by atoms with Crippen molar-refractivity contribution < 1.29 is 19.4 Å². The fourth-order valence-corrected chi connectivity index (χ4v) is 4.28. The van der Waals surface area contributed by atoms with E-state index in [9.17, 15) is 14.7 Å². The van der Waals surface area contributed by atoms with Gasteiger partial charge in [-0.1, -0.05) is 23.8 Å². The molecule has 144 valence electrons. The van der Waals surface area contributed by atoms with Crippen LogP contribution in [0.1, 0.15) is 12.8 Å². The van der Waals surface area contributed by atoms with Crippen molar-refractivity contribution in [3.8, 4) is 11.5 Å². The standard InChI is InChI=1S/C22H20ClNO4/c23-15-5-9-17(10-6-15)28-18-11-7-16(8-12-18)24-21(25)19-13-1-3-14(4-2-13)20(19)22(26)27/h1,3,5-14,19-20H,2,4H2,(H,24,25)(H,26,27)/t13-,14-,19-,20+/m0/s1. The fourth-order valence-electron chi connectivity index (χ4n) is 4.16. The molecule has 28 heavy (non-hydrogen) atoms. The largest absolute Gasteiger partial charge is 0.481 e. The van der Waals surface area contributed by atoms with Gasteiger partial charge in [0.1, 0.15) is 11.5 Å². The molecule has 5 nitrogen and oxygen atoms in total. The average molecular weight is 398 g/mol. The second kappa shape index (κ2) is 7.68. The summed E-state index contributed by atoms with van der Waals surface area (Å²) in [5.41, 5.74) is 0.614. The summed E-state index contributed by atoms with van der Waals surface area (Å²) in [5, 5.41) is 13.1. The van der Waals surface area contributed by atoms with Gasteiger partial charge < -0.3 is 15.2 Å². The SMILES string of the molecule is O=C(Nc1ccc(Oc2ccc(Cl)cc2)cc1)[C@@H]1[C@H](C(=O)O)[C@H]2C=C[C@H]1CC2. The summed E-state index contributed by atoms with van der Waals surface area (Å²) >= 11 is 5.86. The lowest BCUT2D eigenvalue weighted by molar-refractivity contribution is -0.151. The lowest BCUT2D eigenvalue weighted by Crippen LogP contribution is -2.47. The molecule has 0 saturated heterocycles. The molecule has 1 saturated carbocycles. The number of rotatable bonds is 5. The van der Waals surface area contributed by atoms with Crippen LogP contribution in [0.15, 0.2) is 60.7 Å². The van der Waals surface area contributed by atoms with E-state index in [-0.39, 0.29) is 17.7 Å². The van der Waals surface area contributed by atoms with Crippen molar-refractivity contribution in [3.05, 3.63) is 65.7 Å². The van der Waals surface area contributed by atoms with Gasteiger partial charge in [-0.3, -0.25) is 9.59 Å². The van der Waals surface area contributed by atoms with Crippen molar-refractivity contribution in [2.24, 2.45) is 23.7 Å². The highest BCUT2D eigenvalue weighted by molar-refractivity contribution is 6.30. The third-order valence-electron chi connectivity index (χ3n) is 5.51. The van der Waals surface area contributed by atoms with Crippen LogP contribution < -0.4 is 10.1 Å². The average Bonchev–Trinajstić information content (AvgIpc) is 2.71. The van der Waals surface area contributed by atoms with Gasteiger partial charge in [0.05, 0.1) is 11.8 Å². The number of hydrogen-bond acceptors (Lipinski definition) is 3. The zero-order valence-corrected chi connectivity index (χ0v) is 15.8. The highest BCUT2D eigenvalue weighted by Crippen LogP contribution is 2.45. The summed E-state index contributed by atoms with van der Waals surface area (Å²) in [6, 6.07) is 14.0. The molecule has 3 aliphatic rings. The van der Waals surface area contributed by atoms with Crippen LogP contribution in [0.25, 0.3) is 0 Å². The van der Waals surface area contributed by atoms with Crippen molar-refractivity contribution >= 4 is 29.2 Å². The van der Waals surface area contributed by atoms with Gasteiger partial charge in [0.25, 0.3) is 0 Å². The van der Waals surface area contributed by atoms with Crippen LogP contribution in [0.2, 0.25) is 5.02 Å². The van der Waals surface area contributed by atoms with Gasteiger partial charge in [-0.25, -0.2) is 0 Å². The van der Waals surface area contributed by atoms with Gasteiger partial charge in [0, 0.05) is 10.7 Å². The number of benzene rings is 2. The number of halogens is 1. The van der Waals surface area contributed by atoms with Crippen molar-refractivity contribution in [3.63, 3.8) is 0 Å². The quantitative estimate of drug-likeness (QED) is 0.697. The minimum atomic E-state index is -0.897. The van der Waals surface area contributed by atoms with Crippen molar-refractivity contribution in [1.82, 2.24) is 0 Å². The summed E-state index contributed by atoms with van der Waals surface area (Å²) in [6.45, 7) is 0. The zero-order valence-electron chi connectivity index (χ0n) is 15.0. The third kappa shape index (κ3) is 3.76. The zero-order chi connectivity index (χ0) is 19.7. The minimum Gasteiger partial charge on any atom is -0.481 e. The Balaban J connectivity index is 1.44. The first-order valence-corrected chi connectivity index (χ1v) is 9.64. The Labute approximate surface area is 168 Å². The third-order valence-corrected chi connectivity index (χ3v) is 5.76. The first kappa shape index (κ1) is 18.6. The Kier molecular flexibility index (Phi) is 5.09. The summed E-state index contributed by atoms with van der Waals surface area (Å²) < 4.78 is 5.74. The van der Waals surface area contributed by atoms with E-state index >= 15 is 0 Å². The normalized spacial score (nSPS) is 25.3. The molecule has 5 rings (SSSR count). The van der Waals surface area contributed by atoms with Gasteiger partial charge in [-0.2, -0.15) is 0 Å². The molecule has 0 aromatic heterocycles. The molecule has 1 amide bonds. The molecule has 1 fully saturated rings. The number of ether oxygens (including phenoxy) is 1. The second-order valence-corrected chi connectivity index (χ2v) is 7.69. The number of carbonyl (C=O) groups is 2. The van der Waals surface area contributed by atoms with Crippen LogP contribution in [-0.4, -0.2) is 17.0 Å².